The Morgan fingerprint density at radius 1 is 1.36 bits per heavy atom. The molecule has 0 aliphatic carbocycles. The number of hydrogen-bond donors (Lipinski definition) is 0. The summed E-state index contributed by atoms with van der Waals surface area (Å²) >= 11 is 2.52. The van der Waals surface area contributed by atoms with Crippen molar-refractivity contribution in [1.29, 1.82) is 0 Å². The Morgan fingerprint density at radius 2 is 2.14 bits per heavy atom. The predicted octanol–water partition coefficient (Wildman–Crippen LogP) is 3.93. The van der Waals surface area contributed by atoms with Crippen molar-refractivity contribution in [1.82, 2.24) is 9.78 Å². The van der Waals surface area contributed by atoms with Crippen molar-refractivity contribution in [2.45, 2.75) is 39.3 Å². The molecule has 1 aromatic carbocycles. The molecule has 116 valence electrons. The number of halogens is 1. The minimum Gasteiger partial charge on any atom is -0.307 e. The highest BCUT2D eigenvalue weighted by Crippen LogP contribution is 2.42. The molecule has 1 fully saturated rings. The van der Waals surface area contributed by atoms with Gasteiger partial charge < -0.3 is 4.48 Å². The summed E-state index contributed by atoms with van der Waals surface area (Å²) in [6, 6.07) is 8.73. The van der Waals surface area contributed by atoms with Crippen LogP contribution in [0.3, 0.4) is 0 Å². The highest BCUT2D eigenvalue weighted by atomic mass is 127. The molecular weight excluding hydrogens is 385 g/mol. The largest absolute Gasteiger partial charge is 0.307 e. The molecule has 3 heterocycles. The number of fused-ring (bicyclic) bond motifs is 1. The van der Waals surface area contributed by atoms with Crippen molar-refractivity contribution >= 4 is 22.6 Å². The quantitative estimate of drug-likeness (QED) is 0.418. The molecule has 1 atom stereocenters. The number of nitrogens with zero attached hydrogens (tertiary/aromatic N) is 3. The Hall–Kier alpha value is -0.880. The molecule has 22 heavy (non-hydrogen) atoms. The smallest absolute Gasteiger partial charge is 0.129 e. The van der Waals surface area contributed by atoms with Crippen LogP contribution >= 0.6 is 22.6 Å². The molecule has 2 aromatic rings. The first kappa shape index (κ1) is 14.7. The molecule has 0 radical (unpaired) electrons. The Labute approximate surface area is 146 Å². The van der Waals surface area contributed by atoms with E-state index in [-0.39, 0.29) is 5.54 Å². The van der Waals surface area contributed by atoms with Crippen LogP contribution in [0.4, 0.5) is 0 Å². The van der Waals surface area contributed by atoms with Gasteiger partial charge in [0.05, 0.1) is 3.57 Å². The number of quaternary nitrogens is 1. The lowest BCUT2D eigenvalue weighted by Crippen LogP contribution is -2.50. The van der Waals surface area contributed by atoms with Gasteiger partial charge in [-0.1, -0.05) is 30.7 Å². The summed E-state index contributed by atoms with van der Waals surface area (Å²) < 4.78 is 4.99. The molecule has 2 aliphatic heterocycles. The van der Waals surface area contributed by atoms with Gasteiger partial charge in [0, 0.05) is 5.56 Å². The summed E-state index contributed by atoms with van der Waals surface area (Å²) in [4.78, 5) is 0. The van der Waals surface area contributed by atoms with Crippen molar-refractivity contribution in [3.63, 3.8) is 0 Å². The average Bonchev–Trinajstić information content (AvgIpc) is 3.14. The third kappa shape index (κ3) is 2.14. The third-order valence-corrected chi connectivity index (χ3v) is 6.63. The van der Waals surface area contributed by atoms with Crippen LogP contribution in [0.15, 0.2) is 24.3 Å². The Kier molecular flexibility index (Phi) is 3.21. The van der Waals surface area contributed by atoms with E-state index in [2.05, 4.69) is 72.3 Å². The van der Waals surface area contributed by atoms with Crippen LogP contribution in [0, 0.1) is 10.5 Å². The van der Waals surface area contributed by atoms with Gasteiger partial charge in [0.25, 0.3) is 0 Å². The minimum atomic E-state index is 0.159. The van der Waals surface area contributed by atoms with Crippen molar-refractivity contribution in [2.24, 2.45) is 0 Å². The standard InChI is InChI=1S/C18H23IN3/c1-4-18(3)12-22(8-9-22)11-15-16(19)17(20-21(15)18)14-7-5-6-13(2)10-14/h5-7,10H,4,8-9,11-12H2,1-3H3/q+1. The average molecular weight is 408 g/mol. The van der Waals surface area contributed by atoms with Gasteiger partial charge in [-0.05, 0) is 48.9 Å². The lowest BCUT2D eigenvalue weighted by atomic mass is 9.95. The Balaban J connectivity index is 1.88. The maximum Gasteiger partial charge on any atom is 0.129 e. The van der Waals surface area contributed by atoms with Crippen molar-refractivity contribution in [3.05, 3.63) is 39.1 Å². The molecule has 4 rings (SSSR count). The van der Waals surface area contributed by atoms with Gasteiger partial charge in [-0.2, -0.15) is 5.10 Å². The van der Waals surface area contributed by atoms with Gasteiger partial charge in [-0.3, -0.25) is 4.68 Å². The topological polar surface area (TPSA) is 17.8 Å². The zero-order valence-corrected chi connectivity index (χ0v) is 15.7. The van der Waals surface area contributed by atoms with Gasteiger partial charge in [0.1, 0.15) is 43.1 Å². The van der Waals surface area contributed by atoms with E-state index in [1.54, 1.807) is 0 Å². The molecule has 3 nitrogen and oxygen atoms in total. The van der Waals surface area contributed by atoms with Crippen molar-refractivity contribution in [2.75, 3.05) is 19.6 Å². The molecule has 1 unspecified atom stereocenters. The zero-order chi connectivity index (χ0) is 15.5. The van der Waals surface area contributed by atoms with Crippen molar-refractivity contribution in [3.8, 4) is 11.3 Å². The number of aromatic nitrogens is 2. The van der Waals surface area contributed by atoms with Gasteiger partial charge in [0.15, 0.2) is 0 Å². The van der Waals surface area contributed by atoms with Crippen LogP contribution in [0.1, 0.15) is 31.5 Å². The molecule has 1 saturated heterocycles. The van der Waals surface area contributed by atoms with E-state index in [9.17, 15) is 0 Å². The molecule has 0 amide bonds. The summed E-state index contributed by atoms with van der Waals surface area (Å²) in [5.41, 5.74) is 5.33. The van der Waals surface area contributed by atoms with Crippen LogP contribution in [0.5, 0.6) is 0 Å². The molecule has 2 aliphatic rings. The van der Waals surface area contributed by atoms with Gasteiger partial charge >= 0.3 is 0 Å². The number of hydrogen-bond acceptors (Lipinski definition) is 1. The fraction of sp³-hybridized carbons (Fsp3) is 0.500. The predicted molar refractivity (Wildman–Crippen MR) is 97.6 cm³/mol. The van der Waals surface area contributed by atoms with Crippen LogP contribution in [-0.2, 0) is 12.1 Å². The molecule has 0 bridgehead atoms. The van der Waals surface area contributed by atoms with E-state index in [1.807, 2.05) is 0 Å². The maximum atomic E-state index is 5.08. The van der Waals surface area contributed by atoms with E-state index in [4.69, 9.17) is 5.10 Å². The fourth-order valence-corrected chi connectivity index (χ4v) is 4.69. The molecule has 0 N–H and O–H groups in total. The minimum absolute atomic E-state index is 0.159. The Morgan fingerprint density at radius 3 is 2.77 bits per heavy atom. The summed E-state index contributed by atoms with van der Waals surface area (Å²) in [6.07, 6.45) is 1.14. The summed E-state index contributed by atoms with van der Waals surface area (Å²) in [7, 11) is 0. The first-order valence-corrected chi connectivity index (χ1v) is 9.24. The summed E-state index contributed by atoms with van der Waals surface area (Å²) in [6.45, 7) is 11.9. The van der Waals surface area contributed by atoms with Gasteiger partial charge in [-0.15, -0.1) is 0 Å². The normalized spacial score (nSPS) is 25.3. The molecule has 1 aromatic heterocycles. The zero-order valence-electron chi connectivity index (χ0n) is 13.6. The van der Waals surface area contributed by atoms with E-state index in [1.165, 1.54) is 50.2 Å². The molecule has 4 heteroatoms. The third-order valence-electron chi connectivity index (χ3n) is 5.50. The second-order valence-electron chi connectivity index (χ2n) is 7.35. The summed E-state index contributed by atoms with van der Waals surface area (Å²) in [5, 5.41) is 5.08. The molecule has 0 saturated carbocycles. The van der Waals surface area contributed by atoms with Crippen LogP contribution < -0.4 is 0 Å². The highest BCUT2D eigenvalue weighted by molar-refractivity contribution is 14.1. The van der Waals surface area contributed by atoms with E-state index in [0.717, 1.165) is 13.0 Å². The van der Waals surface area contributed by atoms with Crippen LogP contribution in [0.25, 0.3) is 11.3 Å². The highest BCUT2D eigenvalue weighted by Gasteiger charge is 2.53. The van der Waals surface area contributed by atoms with Crippen LogP contribution in [-0.4, -0.2) is 33.9 Å². The Bertz CT molecular complexity index is 745. The maximum absolute atomic E-state index is 5.08. The number of rotatable bonds is 2. The summed E-state index contributed by atoms with van der Waals surface area (Å²) in [5.74, 6) is 0. The van der Waals surface area contributed by atoms with E-state index < -0.39 is 0 Å². The fourth-order valence-electron chi connectivity index (χ4n) is 3.88. The second-order valence-corrected chi connectivity index (χ2v) is 8.42. The molecule has 1 spiro atoms. The second kappa shape index (κ2) is 4.81. The number of aryl methyl sites for hydroxylation is 1. The van der Waals surface area contributed by atoms with Gasteiger partial charge in [0.2, 0.25) is 0 Å². The van der Waals surface area contributed by atoms with Crippen LogP contribution in [0.2, 0.25) is 0 Å². The lowest BCUT2D eigenvalue weighted by Gasteiger charge is -2.39. The SMILES string of the molecule is CCC1(C)C[N+]2(CC2)Cc2c(I)c(-c3cccc(C)c3)nn21. The number of benzene rings is 1. The first-order chi connectivity index (χ1) is 10.5. The van der Waals surface area contributed by atoms with Gasteiger partial charge in [-0.25, -0.2) is 0 Å². The first-order valence-electron chi connectivity index (χ1n) is 8.16. The van der Waals surface area contributed by atoms with E-state index >= 15 is 0 Å². The molecular formula is C18H23IN3+. The van der Waals surface area contributed by atoms with E-state index in [0.29, 0.717) is 0 Å². The van der Waals surface area contributed by atoms with Crippen molar-refractivity contribution < 1.29 is 4.48 Å². The lowest BCUT2D eigenvalue weighted by molar-refractivity contribution is -0.826. The monoisotopic (exact) mass is 408 g/mol.